The molecule has 0 bridgehead atoms. The highest BCUT2D eigenvalue weighted by molar-refractivity contribution is 6.33. The van der Waals surface area contributed by atoms with Gasteiger partial charge in [-0.3, -0.25) is 9.48 Å². The summed E-state index contributed by atoms with van der Waals surface area (Å²) in [6, 6.07) is 11.1. The first-order valence-electron chi connectivity index (χ1n) is 7.43. The highest BCUT2D eigenvalue weighted by atomic mass is 35.5. The molecule has 0 radical (unpaired) electrons. The number of aromatic nitrogens is 3. The molecule has 0 aliphatic rings. The molecule has 3 aromatic rings. The lowest BCUT2D eigenvalue weighted by Crippen LogP contribution is -2.27. The van der Waals surface area contributed by atoms with Crippen molar-refractivity contribution in [3.05, 3.63) is 70.9 Å². The van der Waals surface area contributed by atoms with E-state index in [-0.39, 0.29) is 17.1 Å². The van der Waals surface area contributed by atoms with E-state index in [4.69, 9.17) is 11.6 Å². The first-order valence-corrected chi connectivity index (χ1v) is 7.80. The summed E-state index contributed by atoms with van der Waals surface area (Å²) in [4.78, 5) is 12.0. The number of carbonyl (C=O) groups is 1. The Morgan fingerprint density at radius 3 is 2.64 bits per heavy atom. The molecule has 2 aromatic carbocycles. The smallest absolute Gasteiger partial charge is 0.252 e. The van der Waals surface area contributed by atoms with Gasteiger partial charge in [-0.05, 0) is 12.1 Å². The molecule has 0 saturated carbocycles. The third kappa shape index (κ3) is 4.00. The van der Waals surface area contributed by atoms with Crippen molar-refractivity contribution in [1.29, 1.82) is 0 Å². The summed E-state index contributed by atoms with van der Waals surface area (Å²) in [5.74, 6) is -2.82. The summed E-state index contributed by atoms with van der Waals surface area (Å²) >= 11 is 5.77. The lowest BCUT2D eigenvalue weighted by atomic mass is 10.2. The Bertz CT molecular complexity index is 899. The van der Waals surface area contributed by atoms with E-state index >= 15 is 0 Å². The minimum atomic E-state index is -1.13. The van der Waals surface area contributed by atoms with Crippen LogP contribution in [-0.4, -0.2) is 27.4 Å². The van der Waals surface area contributed by atoms with Crippen molar-refractivity contribution in [1.82, 2.24) is 20.3 Å². The largest absolute Gasteiger partial charge is 0.350 e. The molecule has 5 nitrogen and oxygen atoms in total. The number of benzene rings is 2. The number of carbonyl (C=O) groups excluding carboxylic acids is 1. The van der Waals surface area contributed by atoms with E-state index in [0.717, 1.165) is 23.4 Å². The van der Waals surface area contributed by atoms with Crippen LogP contribution in [-0.2, 0) is 6.54 Å². The maximum absolute atomic E-state index is 13.2. The number of hydrogen-bond donors (Lipinski definition) is 1. The second kappa shape index (κ2) is 7.40. The molecule has 0 atom stereocenters. The molecular formula is C17H13ClF2N4O. The Kier molecular flexibility index (Phi) is 5.04. The summed E-state index contributed by atoms with van der Waals surface area (Å²) in [6.07, 6.45) is 1.76. The lowest BCUT2D eigenvalue weighted by Gasteiger charge is -2.07. The average molecular weight is 363 g/mol. The molecule has 1 heterocycles. The molecule has 0 fully saturated rings. The minimum Gasteiger partial charge on any atom is -0.350 e. The van der Waals surface area contributed by atoms with Crippen LogP contribution in [0.25, 0.3) is 11.3 Å². The summed E-state index contributed by atoms with van der Waals surface area (Å²) < 4.78 is 27.8. The number of hydrogen-bond acceptors (Lipinski definition) is 3. The number of rotatable bonds is 5. The van der Waals surface area contributed by atoms with Gasteiger partial charge >= 0.3 is 0 Å². The van der Waals surface area contributed by atoms with Crippen LogP contribution in [0.15, 0.2) is 48.7 Å². The first-order chi connectivity index (χ1) is 12.0. The predicted molar refractivity (Wildman–Crippen MR) is 89.2 cm³/mol. The van der Waals surface area contributed by atoms with E-state index in [0.29, 0.717) is 6.54 Å². The van der Waals surface area contributed by atoms with Gasteiger partial charge in [0.25, 0.3) is 5.91 Å². The average Bonchev–Trinajstić information content (AvgIpc) is 3.08. The van der Waals surface area contributed by atoms with Crippen LogP contribution in [0.3, 0.4) is 0 Å². The predicted octanol–water partition coefficient (Wildman–Crippen LogP) is 3.31. The van der Waals surface area contributed by atoms with Crippen LogP contribution in [0.2, 0.25) is 5.02 Å². The Hall–Kier alpha value is -2.80. The fourth-order valence-corrected chi connectivity index (χ4v) is 2.46. The second-order valence-electron chi connectivity index (χ2n) is 5.23. The van der Waals surface area contributed by atoms with Gasteiger partial charge < -0.3 is 5.32 Å². The molecule has 8 heteroatoms. The van der Waals surface area contributed by atoms with E-state index in [1.54, 1.807) is 10.9 Å². The molecule has 25 heavy (non-hydrogen) atoms. The van der Waals surface area contributed by atoms with Gasteiger partial charge in [0.1, 0.15) is 5.69 Å². The zero-order valence-electron chi connectivity index (χ0n) is 12.9. The Balaban J connectivity index is 1.59. The first kappa shape index (κ1) is 17.0. The van der Waals surface area contributed by atoms with Gasteiger partial charge in [0.05, 0.1) is 23.3 Å². The molecular weight excluding hydrogens is 350 g/mol. The van der Waals surface area contributed by atoms with Gasteiger partial charge in [-0.2, -0.15) is 0 Å². The quantitative estimate of drug-likeness (QED) is 0.708. The van der Waals surface area contributed by atoms with E-state index in [9.17, 15) is 13.6 Å². The normalized spacial score (nSPS) is 10.7. The molecule has 1 aromatic heterocycles. The van der Waals surface area contributed by atoms with Gasteiger partial charge in [-0.15, -0.1) is 5.10 Å². The summed E-state index contributed by atoms with van der Waals surface area (Å²) in [6.45, 7) is 0.596. The molecule has 0 aliphatic heterocycles. The van der Waals surface area contributed by atoms with Crippen LogP contribution in [0, 0.1) is 11.6 Å². The standard InChI is InChI=1S/C17H13ClF2N4O/c18-13-9-15(20)14(19)8-12(13)17(25)21-6-7-24-10-16(22-23-24)11-4-2-1-3-5-11/h1-5,8-10H,6-7H2,(H,21,25). The van der Waals surface area contributed by atoms with Gasteiger partial charge in [0.2, 0.25) is 0 Å². The van der Waals surface area contributed by atoms with Crippen molar-refractivity contribution in [2.24, 2.45) is 0 Å². The third-order valence-corrected chi connectivity index (χ3v) is 3.80. The minimum absolute atomic E-state index is 0.121. The van der Waals surface area contributed by atoms with Crippen molar-refractivity contribution in [3.8, 4) is 11.3 Å². The zero-order valence-corrected chi connectivity index (χ0v) is 13.7. The second-order valence-corrected chi connectivity index (χ2v) is 5.64. The maximum Gasteiger partial charge on any atom is 0.252 e. The van der Waals surface area contributed by atoms with E-state index in [1.165, 1.54) is 0 Å². The van der Waals surface area contributed by atoms with E-state index in [2.05, 4.69) is 15.6 Å². The van der Waals surface area contributed by atoms with Crippen LogP contribution in [0.5, 0.6) is 0 Å². The highest BCUT2D eigenvalue weighted by Gasteiger charge is 2.14. The van der Waals surface area contributed by atoms with Gasteiger partial charge in [0, 0.05) is 12.1 Å². The van der Waals surface area contributed by atoms with Gasteiger partial charge in [-0.25, -0.2) is 8.78 Å². The summed E-state index contributed by atoms with van der Waals surface area (Å²) in [5, 5.41) is 10.5. The van der Waals surface area contributed by atoms with E-state index in [1.807, 2.05) is 30.3 Å². The van der Waals surface area contributed by atoms with E-state index < -0.39 is 17.5 Å². The number of nitrogens with one attached hydrogen (secondary N) is 1. The summed E-state index contributed by atoms with van der Waals surface area (Å²) in [7, 11) is 0. The molecule has 128 valence electrons. The van der Waals surface area contributed by atoms with Crippen molar-refractivity contribution >= 4 is 17.5 Å². The number of nitrogens with zero attached hydrogens (tertiary/aromatic N) is 3. The van der Waals surface area contributed by atoms with Crippen molar-refractivity contribution in [3.63, 3.8) is 0 Å². The monoisotopic (exact) mass is 362 g/mol. The van der Waals surface area contributed by atoms with Crippen LogP contribution >= 0.6 is 11.6 Å². The Morgan fingerprint density at radius 1 is 1.16 bits per heavy atom. The molecule has 0 aliphatic carbocycles. The summed E-state index contributed by atoms with van der Waals surface area (Å²) in [5.41, 5.74) is 1.53. The topological polar surface area (TPSA) is 59.8 Å². The van der Waals surface area contributed by atoms with Crippen LogP contribution < -0.4 is 5.32 Å². The van der Waals surface area contributed by atoms with Crippen LogP contribution in [0.4, 0.5) is 8.78 Å². The molecule has 0 unspecified atom stereocenters. The zero-order chi connectivity index (χ0) is 17.8. The molecule has 1 N–H and O–H groups in total. The number of amides is 1. The Morgan fingerprint density at radius 2 is 1.88 bits per heavy atom. The van der Waals surface area contributed by atoms with Crippen molar-refractivity contribution in [2.45, 2.75) is 6.54 Å². The van der Waals surface area contributed by atoms with Crippen LogP contribution in [0.1, 0.15) is 10.4 Å². The lowest BCUT2D eigenvalue weighted by molar-refractivity contribution is 0.0951. The third-order valence-electron chi connectivity index (χ3n) is 3.49. The number of halogens is 3. The molecule has 0 spiro atoms. The molecule has 3 rings (SSSR count). The fourth-order valence-electron chi connectivity index (χ4n) is 2.22. The molecule has 1 amide bonds. The van der Waals surface area contributed by atoms with Gasteiger partial charge in [-0.1, -0.05) is 47.1 Å². The fraction of sp³-hybridized carbons (Fsp3) is 0.118. The maximum atomic E-state index is 13.2. The molecule has 0 saturated heterocycles. The Labute approximate surface area is 147 Å². The van der Waals surface area contributed by atoms with Crippen molar-refractivity contribution in [2.75, 3.05) is 6.54 Å². The van der Waals surface area contributed by atoms with Crippen molar-refractivity contribution < 1.29 is 13.6 Å². The SMILES string of the molecule is O=C(NCCn1cc(-c2ccccc2)nn1)c1cc(F)c(F)cc1Cl. The van der Waals surface area contributed by atoms with Gasteiger partial charge in [0.15, 0.2) is 11.6 Å². The highest BCUT2D eigenvalue weighted by Crippen LogP contribution is 2.20.